The van der Waals surface area contributed by atoms with Crippen LogP contribution in [-0.2, 0) is 16.6 Å². The molecule has 1 aliphatic carbocycles. The third kappa shape index (κ3) is 2.74. The number of aryl methyl sites for hydroxylation is 1. The van der Waals surface area contributed by atoms with Crippen molar-refractivity contribution in [3.05, 3.63) is 29.3 Å². The van der Waals surface area contributed by atoms with Gasteiger partial charge < -0.3 is 5.73 Å². The van der Waals surface area contributed by atoms with Gasteiger partial charge in [0.15, 0.2) is 0 Å². The fraction of sp³-hybridized carbons (Fsp3) is 0.538. The smallest absolute Gasteiger partial charge is 0.242 e. The molecule has 5 heteroatoms. The lowest BCUT2D eigenvalue weighted by Crippen LogP contribution is -2.29. The van der Waals surface area contributed by atoms with E-state index in [2.05, 4.69) is 0 Å². The maximum Gasteiger partial charge on any atom is 0.242 e. The SMILES string of the molecule is Cc1cc(S(=O)(=O)N(C)CC2CC2)ccc1CN. The number of hydrogen-bond donors (Lipinski definition) is 1. The second kappa shape index (κ2) is 4.99. The summed E-state index contributed by atoms with van der Waals surface area (Å²) in [6.45, 7) is 2.95. The molecule has 0 heterocycles. The van der Waals surface area contributed by atoms with Gasteiger partial charge in [0.2, 0.25) is 10.0 Å². The molecule has 0 saturated heterocycles. The highest BCUT2D eigenvalue weighted by Gasteiger charge is 2.29. The van der Waals surface area contributed by atoms with Crippen molar-refractivity contribution in [1.29, 1.82) is 0 Å². The minimum absolute atomic E-state index is 0.361. The van der Waals surface area contributed by atoms with E-state index in [1.54, 1.807) is 25.2 Å². The first kappa shape index (κ1) is 13.5. The number of rotatable bonds is 5. The summed E-state index contributed by atoms with van der Waals surface area (Å²) in [5, 5.41) is 0. The lowest BCUT2D eigenvalue weighted by Gasteiger charge is -2.17. The van der Waals surface area contributed by atoms with Gasteiger partial charge in [-0.15, -0.1) is 0 Å². The zero-order valence-corrected chi connectivity index (χ0v) is 11.7. The van der Waals surface area contributed by atoms with Gasteiger partial charge in [0.1, 0.15) is 0 Å². The minimum atomic E-state index is -3.35. The van der Waals surface area contributed by atoms with Crippen LogP contribution in [0, 0.1) is 12.8 Å². The number of benzene rings is 1. The number of sulfonamides is 1. The summed E-state index contributed by atoms with van der Waals surface area (Å²) in [6.07, 6.45) is 2.29. The van der Waals surface area contributed by atoms with Crippen LogP contribution in [0.4, 0.5) is 0 Å². The van der Waals surface area contributed by atoms with E-state index in [0.717, 1.165) is 24.0 Å². The van der Waals surface area contributed by atoms with Crippen molar-refractivity contribution in [3.8, 4) is 0 Å². The predicted octanol–water partition coefficient (Wildman–Crippen LogP) is 1.48. The highest BCUT2D eigenvalue weighted by molar-refractivity contribution is 7.89. The molecule has 0 spiro atoms. The van der Waals surface area contributed by atoms with Crippen LogP contribution in [0.2, 0.25) is 0 Å². The van der Waals surface area contributed by atoms with Crippen molar-refractivity contribution in [1.82, 2.24) is 4.31 Å². The molecule has 1 aromatic carbocycles. The minimum Gasteiger partial charge on any atom is -0.326 e. The van der Waals surface area contributed by atoms with E-state index < -0.39 is 10.0 Å². The summed E-state index contributed by atoms with van der Waals surface area (Å²) in [5.41, 5.74) is 7.50. The summed E-state index contributed by atoms with van der Waals surface area (Å²) in [6, 6.07) is 5.15. The summed E-state index contributed by atoms with van der Waals surface area (Å²) in [5.74, 6) is 0.550. The predicted molar refractivity (Wildman–Crippen MR) is 71.6 cm³/mol. The van der Waals surface area contributed by atoms with Crippen LogP contribution in [0.3, 0.4) is 0 Å². The highest BCUT2D eigenvalue weighted by Crippen LogP contribution is 2.31. The maximum atomic E-state index is 12.3. The lowest BCUT2D eigenvalue weighted by molar-refractivity contribution is 0.453. The molecule has 1 aliphatic rings. The number of hydrogen-bond acceptors (Lipinski definition) is 3. The molecule has 1 saturated carbocycles. The van der Waals surface area contributed by atoms with Crippen LogP contribution in [0.15, 0.2) is 23.1 Å². The van der Waals surface area contributed by atoms with E-state index in [1.165, 1.54) is 4.31 Å². The van der Waals surface area contributed by atoms with Crippen LogP contribution >= 0.6 is 0 Å². The molecular formula is C13H20N2O2S. The van der Waals surface area contributed by atoms with Gasteiger partial charge in [0.05, 0.1) is 4.90 Å². The fourth-order valence-electron chi connectivity index (χ4n) is 2.00. The fourth-order valence-corrected chi connectivity index (χ4v) is 3.33. The monoisotopic (exact) mass is 268 g/mol. The molecule has 0 atom stereocenters. The maximum absolute atomic E-state index is 12.3. The molecule has 0 aromatic heterocycles. The van der Waals surface area contributed by atoms with Crippen molar-refractivity contribution in [3.63, 3.8) is 0 Å². The van der Waals surface area contributed by atoms with Crippen LogP contribution in [0.1, 0.15) is 24.0 Å². The van der Waals surface area contributed by atoms with Gasteiger partial charge in [0.25, 0.3) is 0 Å². The van der Waals surface area contributed by atoms with E-state index in [-0.39, 0.29) is 0 Å². The molecule has 18 heavy (non-hydrogen) atoms. The summed E-state index contributed by atoms with van der Waals surface area (Å²) in [7, 11) is -1.70. The van der Waals surface area contributed by atoms with Gasteiger partial charge in [-0.3, -0.25) is 0 Å². The third-order valence-electron chi connectivity index (χ3n) is 3.45. The number of nitrogens with zero attached hydrogens (tertiary/aromatic N) is 1. The van der Waals surface area contributed by atoms with Crippen LogP contribution in [0.25, 0.3) is 0 Å². The van der Waals surface area contributed by atoms with E-state index in [4.69, 9.17) is 5.73 Å². The molecule has 0 unspecified atom stereocenters. The molecule has 0 radical (unpaired) electrons. The first-order valence-electron chi connectivity index (χ1n) is 6.21. The van der Waals surface area contributed by atoms with Crippen molar-refractivity contribution >= 4 is 10.0 Å². The Bertz CT molecular complexity index is 536. The van der Waals surface area contributed by atoms with Crippen LogP contribution in [-0.4, -0.2) is 26.3 Å². The number of nitrogens with two attached hydrogens (primary N) is 1. The summed E-state index contributed by atoms with van der Waals surface area (Å²) >= 11 is 0. The zero-order chi connectivity index (χ0) is 13.3. The van der Waals surface area contributed by atoms with Gasteiger partial charge in [-0.2, -0.15) is 0 Å². The Labute approximate surface area is 109 Å². The lowest BCUT2D eigenvalue weighted by atomic mass is 10.1. The standard InChI is InChI=1S/C13H20N2O2S/c1-10-7-13(6-5-12(10)8-14)18(16,17)15(2)9-11-3-4-11/h5-7,11H,3-4,8-9,14H2,1-2H3. The van der Waals surface area contributed by atoms with Crippen molar-refractivity contribution in [2.75, 3.05) is 13.6 Å². The Morgan fingerprint density at radius 1 is 1.39 bits per heavy atom. The molecule has 1 aromatic rings. The Kier molecular flexibility index (Phi) is 3.75. The van der Waals surface area contributed by atoms with E-state index in [0.29, 0.717) is 23.9 Å². The molecule has 0 amide bonds. The second-order valence-corrected chi connectivity index (χ2v) is 7.07. The van der Waals surface area contributed by atoms with E-state index in [9.17, 15) is 8.42 Å². The van der Waals surface area contributed by atoms with Crippen LogP contribution in [0.5, 0.6) is 0 Å². The Hall–Kier alpha value is -0.910. The van der Waals surface area contributed by atoms with Gasteiger partial charge >= 0.3 is 0 Å². The molecule has 2 N–H and O–H groups in total. The molecular weight excluding hydrogens is 248 g/mol. The van der Waals surface area contributed by atoms with E-state index >= 15 is 0 Å². The topological polar surface area (TPSA) is 63.4 Å². The van der Waals surface area contributed by atoms with Gasteiger partial charge in [0, 0.05) is 20.1 Å². The third-order valence-corrected chi connectivity index (χ3v) is 5.27. The quantitative estimate of drug-likeness (QED) is 0.880. The largest absolute Gasteiger partial charge is 0.326 e. The molecule has 0 aliphatic heterocycles. The molecule has 0 bridgehead atoms. The van der Waals surface area contributed by atoms with Gasteiger partial charge in [-0.05, 0) is 48.9 Å². The molecule has 100 valence electrons. The zero-order valence-electron chi connectivity index (χ0n) is 10.9. The first-order valence-corrected chi connectivity index (χ1v) is 7.65. The van der Waals surface area contributed by atoms with Crippen LogP contribution < -0.4 is 5.73 Å². The molecule has 2 rings (SSSR count). The van der Waals surface area contributed by atoms with Crippen molar-refractivity contribution in [2.24, 2.45) is 11.7 Å². The van der Waals surface area contributed by atoms with E-state index in [1.807, 2.05) is 6.92 Å². The normalized spacial score (nSPS) is 16.2. The Morgan fingerprint density at radius 2 is 2.06 bits per heavy atom. The highest BCUT2D eigenvalue weighted by atomic mass is 32.2. The second-order valence-electron chi connectivity index (χ2n) is 5.02. The van der Waals surface area contributed by atoms with Gasteiger partial charge in [-0.25, -0.2) is 12.7 Å². The first-order chi connectivity index (χ1) is 8.45. The average Bonchev–Trinajstić information content (AvgIpc) is 3.12. The Morgan fingerprint density at radius 3 is 2.56 bits per heavy atom. The van der Waals surface area contributed by atoms with Crippen molar-refractivity contribution < 1.29 is 8.42 Å². The average molecular weight is 268 g/mol. The van der Waals surface area contributed by atoms with Crippen molar-refractivity contribution in [2.45, 2.75) is 31.2 Å². The summed E-state index contributed by atoms with van der Waals surface area (Å²) in [4.78, 5) is 0.361. The molecule has 1 fully saturated rings. The Balaban J connectivity index is 2.25. The molecule has 4 nitrogen and oxygen atoms in total. The summed E-state index contributed by atoms with van der Waals surface area (Å²) < 4.78 is 26.1. The van der Waals surface area contributed by atoms with Gasteiger partial charge in [-0.1, -0.05) is 6.07 Å².